The highest BCUT2D eigenvalue weighted by Crippen LogP contribution is 2.17. The molecule has 0 aliphatic heterocycles. The van der Waals surface area contributed by atoms with Gasteiger partial charge in [0.25, 0.3) is 0 Å². The van der Waals surface area contributed by atoms with Crippen molar-refractivity contribution in [2.75, 3.05) is 19.5 Å². The predicted molar refractivity (Wildman–Crippen MR) is 79.3 cm³/mol. The number of hydrogen-bond acceptors (Lipinski definition) is 3. The second kappa shape index (κ2) is 10.3. The van der Waals surface area contributed by atoms with Crippen LogP contribution in [0.4, 0.5) is 0 Å². The molecule has 0 fully saturated rings. The minimum Gasteiger partial charge on any atom is -0.497 e. The van der Waals surface area contributed by atoms with Crippen LogP contribution >= 0.6 is 11.8 Å². The van der Waals surface area contributed by atoms with E-state index in [2.05, 4.69) is 12.1 Å². The Balaban J connectivity index is 2.00. The van der Waals surface area contributed by atoms with Gasteiger partial charge < -0.3 is 9.84 Å². The van der Waals surface area contributed by atoms with Gasteiger partial charge in [0.05, 0.1) is 7.11 Å². The highest BCUT2D eigenvalue weighted by atomic mass is 32.2. The molecule has 0 aliphatic rings. The van der Waals surface area contributed by atoms with E-state index in [1.807, 2.05) is 23.9 Å². The lowest BCUT2D eigenvalue weighted by atomic mass is 10.2. The Hall–Kier alpha value is -0.670. The molecule has 0 saturated heterocycles. The number of rotatable bonds is 10. The average Bonchev–Trinajstić information content (AvgIpc) is 2.42. The van der Waals surface area contributed by atoms with E-state index in [1.165, 1.54) is 37.0 Å². The smallest absolute Gasteiger partial charge is 0.118 e. The van der Waals surface area contributed by atoms with Crippen LogP contribution in [0.3, 0.4) is 0 Å². The number of thioether (sulfide) groups is 1. The molecule has 0 radical (unpaired) electrons. The van der Waals surface area contributed by atoms with Crippen LogP contribution in [-0.2, 0) is 5.75 Å². The zero-order chi connectivity index (χ0) is 13.1. The Morgan fingerprint density at radius 1 is 1.00 bits per heavy atom. The lowest BCUT2D eigenvalue weighted by Gasteiger charge is -2.04. The molecule has 0 aromatic heterocycles. The number of aliphatic hydroxyl groups excluding tert-OH is 1. The summed E-state index contributed by atoms with van der Waals surface area (Å²) in [5.74, 6) is 3.24. The van der Waals surface area contributed by atoms with Crippen molar-refractivity contribution in [3.8, 4) is 5.75 Å². The lowest BCUT2D eigenvalue weighted by molar-refractivity contribution is 0.282. The normalized spacial score (nSPS) is 10.6. The van der Waals surface area contributed by atoms with Crippen LogP contribution in [-0.4, -0.2) is 24.6 Å². The fraction of sp³-hybridized carbons (Fsp3) is 0.600. The predicted octanol–water partition coefficient (Wildman–Crippen LogP) is 3.87. The first-order valence-corrected chi connectivity index (χ1v) is 7.84. The molecule has 0 saturated carbocycles. The fourth-order valence-electron chi connectivity index (χ4n) is 1.76. The first-order chi connectivity index (χ1) is 8.86. The van der Waals surface area contributed by atoms with Gasteiger partial charge in [-0.1, -0.05) is 31.4 Å². The molecule has 1 aromatic carbocycles. The topological polar surface area (TPSA) is 29.5 Å². The summed E-state index contributed by atoms with van der Waals surface area (Å²) in [6.07, 6.45) is 5.95. The van der Waals surface area contributed by atoms with E-state index in [9.17, 15) is 0 Å². The summed E-state index contributed by atoms with van der Waals surface area (Å²) in [4.78, 5) is 0. The van der Waals surface area contributed by atoms with E-state index in [1.54, 1.807) is 7.11 Å². The van der Waals surface area contributed by atoms with Crippen molar-refractivity contribution in [3.05, 3.63) is 29.8 Å². The largest absolute Gasteiger partial charge is 0.497 e. The molecule has 2 nitrogen and oxygen atoms in total. The second-order valence-electron chi connectivity index (χ2n) is 4.39. The maximum atomic E-state index is 8.66. The Morgan fingerprint density at radius 3 is 2.33 bits per heavy atom. The van der Waals surface area contributed by atoms with Gasteiger partial charge >= 0.3 is 0 Å². The SMILES string of the molecule is COc1ccc(CSCCCCCCCO)cc1. The van der Waals surface area contributed by atoms with E-state index in [0.29, 0.717) is 6.61 Å². The first kappa shape index (κ1) is 15.4. The number of hydrogen-bond donors (Lipinski definition) is 1. The van der Waals surface area contributed by atoms with Gasteiger partial charge in [-0.05, 0) is 36.3 Å². The molecular formula is C15H24O2S. The Morgan fingerprint density at radius 2 is 1.67 bits per heavy atom. The van der Waals surface area contributed by atoms with Crippen LogP contribution in [0.25, 0.3) is 0 Å². The highest BCUT2D eigenvalue weighted by Gasteiger charge is 1.96. The standard InChI is InChI=1S/C15H24O2S/c1-17-15-9-7-14(8-10-15)13-18-12-6-4-2-3-5-11-16/h7-10,16H,2-6,11-13H2,1H3. The maximum Gasteiger partial charge on any atom is 0.118 e. The van der Waals surface area contributed by atoms with E-state index in [0.717, 1.165) is 17.9 Å². The summed E-state index contributed by atoms with van der Waals surface area (Å²) < 4.78 is 5.13. The zero-order valence-corrected chi connectivity index (χ0v) is 12.0. The summed E-state index contributed by atoms with van der Waals surface area (Å²) in [7, 11) is 1.69. The van der Waals surface area contributed by atoms with Gasteiger partial charge in [0.15, 0.2) is 0 Å². The molecule has 1 rings (SSSR count). The molecule has 102 valence electrons. The Labute approximate surface area is 115 Å². The molecule has 0 spiro atoms. The van der Waals surface area contributed by atoms with Crippen LogP contribution in [0, 0.1) is 0 Å². The van der Waals surface area contributed by atoms with E-state index < -0.39 is 0 Å². The van der Waals surface area contributed by atoms with Gasteiger partial charge in [0.2, 0.25) is 0 Å². The van der Waals surface area contributed by atoms with Crippen LogP contribution in [0.5, 0.6) is 5.75 Å². The molecule has 1 N–H and O–H groups in total. The van der Waals surface area contributed by atoms with Gasteiger partial charge in [-0.15, -0.1) is 0 Å². The summed E-state index contributed by atoms with van der Waals surface area (Å²) in [6.45, 7) is 0.340. The monoisotopic (exact) mass is 268 g/mol. The zero-order valence-electron chi connectivity index (χ0n) is 11.2. The molecule has 18 heavy (non-hydrogen) atoms. The van der Waals surface area contributed by atoms with Crippen molar-refractivity contribution in [1.82, 2.24) is 0 Å². The minimum absolute atomic E-state index is 0.340. The summed E-state index contributed by atoms with van der Waals surface area (Å²) in [5.41, 5.74) is 1.36. The first-order valence-electron chi connectivity index (χ1n) is 6.68. The average molecular weight is 268 g/mol. The summed E-state index contributed by atoms with van der Waals surface area (Å²) in [6, 6.07) is 8.30. The number of unbranched alkanes of at least 4 members (excludes halogenated alkanes) is 4. The fourth-order valence-corrected chi connectivity index (χ4v) is 2.74. The van der Waals surface area contributed by atoms with Crippen molar-refractivity contribution in [1.29, 1.82) is 0 Å². The third kappa shape index (κ3) is 6.92. The van der Waals surface area contributed by atoms with Crippen molar-refractivity contribution >= 4 is 11.8 Å². The van der Waals surface area contributed by atoms with Crippen molar-refractivity contribution < 1.29 is 9.84 Å². The Bertz CT molecular complexity index is 298. The number of aliphatic hydroxyl groups is 1. The maximum absolute atomic E-state index is 8.66. The minimum atomic E-state index is 0.340. The molecule has 0 bridgehead atoms. The third-order valence-electron chi connectivity index (χ3n) is 2.87. The van der Waals surface area contributed by atoms with Gasteiger partial charge in [-0.25, -0.2) is 0 Å². The molecule has 0 amide bonds. The quantitative estimate of drug-likeness (QED) is 0.653. The van der Waals surface area contributed by atoms with Gasteiger partial charge in [-0.3, -0.25) is 0 Å². The lowest BCUT2D eigenvalue weighted by Crippen LogP contribution is -1.87. The molecule has 0 aliphatic carbocycles. The van der Waals surface area contributed by atoms with Gasteiger partial charge in [-0.2, -0.15) is 11.8 Å². The van der Waals surface area contributed by atoms with Crippen LogP contribution < -0.4 is 4.74 Å². The van der Waals surface area contributed by atoms with E-state index >= 15 is 0 Å². The number of benzene rings is 1. The number of methoxy groups -OCH3 is 1. The molecule has 0 atom stereocenters. The van der Waals surface area contributed by atoms with Gasteiger partial charge in [0.1, 0.15) is 5.75 Å². The summed E-state index contributed by atoms with van der Waals surface area (Å²) in [5, 5.41) is 8.66. The molecule has 1 aromatic rings. The van der Waals surface area contributed by atoms with Crippen molar-refractivity contribution in [2.45, 2.75) is 37.9 Å². The summed E-state index contributed by atoms with van der Waals surface area (Å²) >= 11 is 1.99. The molecule has 3 heteroatoms. The van der Waals surface area contributed by atoms with Crippen LogP contribution in [0.1, 0.15) is 37.7 Å². The second-order valence-corrected chi connectivity index (χ2v) is 5.50. The number of ether oxygens (including phenoxy) is 1. The molecule has 0 heterocycles. The molecular weight excluding hydrogens is 244 g/mol. The van der Waals surface area contributed by atoms with Gasteiger partial charge in [0, 0.05) is 12.4 Å². The Kier molecular flexibility index (Phi) is 8.78. The highest BCUT2D eigenvalue weighted by molar-refractivity contribution is 7.98. The van der Waals surface area contributed by atoms with Crippen LogP contribution in [0.2, 0.25) is 0 Å². The molecule has 0 unspecified atom stereocenters. The third-order valence-corrected chi connectivity index (χ3v) is 3.99. The van der Waals surface area contributed by atoms with E-state index in [4.69, 9.17) is 9.84 Å². The van der Waals surface area contributed by atoms with Crippen molar-refractivity contribution in [3.63, 3.8) is 0 Å². The van der Waals surface area contributed by atoms with Crippen LogP contribution in [0.15, 0.2) is 24.3 Å². The van der Waals surface area contributed by atoms with E-state index in [-0.39, 0.29) is 0 Å². The van der Waals surface area contributed by atoms with Crippen molar-refractivity contribution in [2.24, 2.45) is 0 Å².